The smallest absolute Gasteiger partial charge is 0.243 e. The highest BCUT2D eigenvalue weighted by Crippen LogP contribution is 2.22. The maximum absolute atomic E-state index is 12.8. The van der Waals surface area contributed by atoms with Gasteiger partial charge in [0.1, 0.15) is 0 Å². The second-order valence-corrected chi connectivity index (χ2v) is 9.73. The second-order valence-electron chi connectivity index (χ2n) is 7.79. The molecule has 0 aromatic heterocycles. The predicted octanol–water partition coefficient (Wildman–Crippen LogP) is 2.09. The molecule has 0 N–H and O–H groups in total. The zero-order valence-electron chi connectivity index (χ0n) is 16.4. The Bertz CT molecular complexity index is 734. The Morgan fingerprint density at radius 3 is 2.22 bits per heavy atom. The number of hydrogen-bond acceptors (Lipinski definition) is 4. The van der Waals surface area contributed by atoms with Gasteiger partial charge in [-0.05, 0) is 31.9 Å². The van der Waals surface area contributed by atoms with Gasteiger partial charge in [0.2, 0.25) is 15.9 Å². The van der Waals surface area contributed by atoms with E-state index in [4.69, 9.17) is 0 Å². The number of carbonyl (C=O) groups excluding carboxylic acids is 1. The first kappa shape index (κ1) is 20.3. The monoisotopic (exact) mass is 393 g/mol. The molecule has 0 atom stereocenters. The molecular weight excluding hydrogens is 362 g/mol. The van der Waals surface area contributed by atoms with Crippen LogP contribution in [0.25, 0.3) is 0 Å². The number of benzene rings is 1. The maximum Gasteiger partial charge on any atom is 0.243 e. The summed E-state index contributed by atoms with van der Waals surface area (Å²) in [4.78, 5) is 16.9. The molecule has 0 spiro atoms. The fourth-order valence-corrected chi connectivity index (χ4v) is 5.38. The van der Waals surface area contributed by atoms with Crippen LogP contribution in [0, 0.1) is 6.92 Å². The molecule has 1 saturated carbocycles. The molecule has 1 aliphatic carbocycles. The molecule has 1 amide bonds. The SMILES string of the molecule is Cc1ccc(S(=O)(=O)N2CCN(CC(=O)N(C)C3CCCCC3)CC2)cc1. The van der Waals surface area contributed by atoms with Crippen LogP contribution in [0.15, 0.2) is 29.2 Å². The van der Waals surface area contributed by atoms with Crippen molar-refractivity contribution in [2.75, 3.05) is 39.8 Å². The van der Waals surface area contributed by atoms with Crippen LogP contribution in [0.4, 0.5) is 0 Å². The lowest BCUT2D eigenvalue weighted by molar-refractivity contribution is -0.134. The van der Waals surface area contributed by atoms with E-state index in [0.29, 0.717) is 43.7 Å². The standard InChI is InChI=1S/C20H31N3O3S/c1-17-8-10-19(11-9-17)27(25,26)23-14-12-22(13-15-23)16-20(24)21(2)18-6-4-3-5-7-18/h8-11,18H,3-7,12-16H2,1-2H3. The lowest BCUT2D eigenvalue weighted by Crippen LogP contribution is -2.52. The van der Waals surface area contributed by atoms with E-state index in [2.05, 4.69) is 4.90 Å². The fourth-order valence-electron chi connectivity index (χ4n) is 3.96. The molecule has 2 aliphatic rings. The number of amides is 1. The minimum Gasteiger partial charge on any atom is -0.342 e. The molecule has 1 aromatic rings. The van der Waals surface area contributed by atoms with Gasteiger partial charge in [0.05, 0.1) is 11.4 Å². The Balaban J connectivity index is 1.52. The van der Waals surface area contributed by atoms with Crippen LogP contribution in [0.3, 0.4) is 0 Å². The van der Waals surface area contributed by atoms with Crippen LogP contribution in [0.2, 0.25) is 0 Å². The van der Waals surface area contributed by atoms with E-state index < -0.39 is 10.0 Å². The van der Waals surface area contributed by atoms with Crippen LogP contribution in [-0.4, -0.2) is 74.2 Å². The zero-order valence-corrected chi connectivity index (χ0v) is 17.2. The number of nitrogens with zero attached hydrogens (tertiary/aromatic N) is 3. The van der Waals surface area contributed by atoms with Gasteiger partial charge in [0.25, 0.3) is 0 Å². The summed E-state index contributed by atoms with van der Waals surface area (Å²) in [6.45, 7) is 4.36. The normalized spacial score (nSPS) is 20.5. The number of rotatable bonds is 5. The third kappa shape index (κ3) is 4.89. The number of sulfonamides is 1. The summed E-state index contributed by atoms with van der Waals surface area (Å²) in [5.41, 5.74) is 1.04. The van der Waals surface area contributed by atoms with Gasteiger partial charge in [-0.2, -0.15) is 4.31 Å². The third-order valence-electron chi connectivity index (χ3n) is 5.86. The van der Waals surface area contributed by atoms with Crippen LogP contribution in [-0.2, 0) is 14.8 Å². The minimum atomic E-state index is -3.45. The van der Waals surface area contributed by atoms with Gasteiger partial charge in [0.15, 0.2) is 0 Å². The van der Waals surface area contributed by atoms with E-state index in [1.807, 2.05) is 31.0 Å². The zero-order chi connectivity index (χ0) is 19.4. The van der Waals surface area contributed by atoms with Crippen molar-refractivity contribution in [3.8, 4) is 0 Å². The Morgan fingerprint density at radius 2 is 1.63 bits per heavy atom. The first-order valence-corrected chi connectivity index (χ1v) is 11.4. The lowest BCUT2D eigenvalue weighted by atomic mass is 9.94. The third-order valence-corrected chi connectivity index (χ3v) is 7.78. The van der Waals surface area contributed by atoms with E-state index in [9.17, 15) is 13.2 Å². The van der Waals surface area contributed by atoms with Crippen molar-refractivity contribution < 1.29 is 13.2 Å². The van der Waals surface area contributed by atoms with E-state index in [1.54, 1.807) is 12.1 Å². The quantitative estimate of drug-likeness (QED) is 0.769. The van der Waals surface area contributed by atoms with Gasteiger partial charge in [-0.3, -0.25) is 9.69 Å². The molecule has 2 fully saturated rings. The Labute approximate surface area is 163 Å². The van der Waals surface area contributed by atoms with Crippen LogP contribution in [0.1, 0.15) is 37.7 Å². The highest BCUT2D eigenvalue weighted by atomic mass is 32.2. The van der Waals surface area contributed by atoms with Crippen molar-refractivity contribution in [3.05, 3.63) is 29.8 Å². The molecule has 7 heteroatoms. The molecule has 6 nitrogen and oxygen atoms in total. The lowest BCUT2D eigenvalue weighted by Gasteiger charge is -2.36. The molecule has 150 valence electrons. The van der Waals surface area contributed by atoms with Gasteiger partial charge < -0.3 is 4.90 Å². The first-order valence-electron chi connectivity index (χ1n) is 9.93. The van der Waals surface area contributed by atoms with Crippen molar-refractivity contribution in [2.45, 2.75) is 50.0 Å². The van der Waals surface area contributed by atoms with Crippen LogP contribution in [0.5, 0.6) is 0 Å². The summed E-state index contributed by atoms with van der Waals surface area (Å²) in [7, 11) is -1.54. The summed E-state index contributed by atoms with van der Waals surface area (Å²) in [6, 6.07) is 7.35. The molecular formula is C20H31N3O3S. The Kier molecular flexibility index (Phi) is 6.55. The second kappa shape index (κ2) is 8.71. The first-order chi connectivity index (χ1) is 12.9. The van der Waals surface area contributed by atoms with E-state index >= 15 is 0 Å². The maximum atomic E-state index is 12.8. The molecule has 1 aromatic carbocycles. The van der Waals surface area contributed by atoms with Crippen molar-refractivity contribution in [1.82, 2.24) is 14.1 Å². The molecule has 1 saturated heterocycles. The Morgan fingerprint density at radius 1 is 1.04 bits per heavy atom. The molecule has 27 heavy (non-hydrogen) atoms. The van der Waals surface area contributed by atoms with Crippen LogP contribution < -0.4 is 0 Å². The minimum absolute atomic E-state index is 0.150. The highest BCUT2D eigenvalue weighted by Gasteiger charge is 2.30. The van der Waals surface area contributed by atoms with Gasteiger partial charge in [0, 0.05) is 39.3 Å². The fraction of sp³-hybridized carbons (Fsp3) is 0.650. The van der Waals surface area contributed by atoms with Crippen molar-refractivity contribution >= 4 is 15.9 Å². The summed E-state index contributed by atoms with van der Waals surface area (Å²) < 4.78 is 27.1. The van der Waals surface area contributed by atoms with E-state index in [1.165, 1.54) is 23.6 Å². The summed E-state index contributed by atoms with van der Waals surface area (Å²) in [5, 5.41) is 0. The van der Waals surface area contributed by atoms with E-state index in [-0.39, 0.29) is 5.91 Å². The molecule has 3 rings (SSSR count). The largest absolute Gasteiger partial charge is 0.342 e. The highest BCUT2D eigenvalue weighted by molar-refractivity contribution is 7.89. The molecule has 0 radical (unpaired) electrons. The van der Waals surface area contributed by atoms with Crippen molar-refractivity contribution in [2.24, 2.45) is 0 Å². The van der Waals surface area contributed by atoms with Crippen molar-refractivity contribution in [3.63, 3.8) is 0 Å². The van der Waals surface area contributed by atoms with E-state index in [0.717, 1.165) is 18.4 Å². The van der Waals surface area contributed by atoms with Gasteiger partial charge in [-0.25, -0.2) is 8.42 Å². The molecule has 1 aliphatic heterocycles. The summed E-state index contributed by atoms with van der Waals surface area (Å²) >= 11 is 0. The summed E-state index contributed by atoms with van der Waals surface area (Å²) in [5.74, 6) is 0.150. The topological polar surface area (TPSA) is 60.9 Å². The average Bonchev–Trinajstić information content (AvgIpc) is 2.69. The summed E-state index contributed by atoms with van der Waals surface area (Å²) in [6.07, 6.45) is 5.89. The Hall–Kier alpha value is -1.44. The molecule has 1 heterocycles. The number of aryl methyl sites for hydroxylation is 1. The number of piperazine rings is 1. The van der Waals surface area contributed by atoms with Gasteiger partial charge >= 0.3 is 0 Å². The van der Waals surface area contributed by atoms with Crippen molar-refractivity contribution in [1.29, 1.82) is 0 Å². The average molecular weight is 394 g/mol. The molecule has 0 unspecified atom stereocenters. The van der Waals surface area contributed by atoms with Crippen LogP contribution >= 0.6 is 0 Å². The van der Waals surface area contributed by atoms with Gasteiger partial charge in [-0.15, -0.1) is 0 Å². The predicted molar refractivity (Wildman–Crippen MR) is 106 cm³/mol. The number of hydrogen-bond donors (Lipinski definition) is 0. The number of carbonyl (C=O) groups is 1. The number of likely N-dealkylation sites (N-methyl/N-ethyl adjacent to an activating group) is 1. The molecule has 0 bridgehead atoms. The van der Waals surface area contributed by atoms with Gasteiger partial charge in [-0.1, -0.05) is 37.0 Å².